The van der Waals surface area contributed by atoms with E-state index < -0.39 is 42.9 Å². The second-order valence-electron chi connectivity index (χ2n) is 9.35. The maximum Gasteiger partial charge on any atom is 0.329 e. The van der Waals surface area contributed by atoms with Gasteiger partial charge in [-0.2, -0.15) is 0 Å². The molecule has 218 valence electrons. The number of para-hydroxylation sites is 1. The standard InChI is InChI=1S/C29H38N2O9/c1-5-17-36-26-19(2)39-29(34)22(13-9-10-14-24(26)40-21-11-7-6-8-12-21)31-28(33)25-27(38-18-37-20(3)32)23(35-4)15-16-30-25/h6-8,11-12,15-16,19,22,24,26H,5,9-10,13-14,17-18H2,1-4H3,(H,31,33)/t19-,22-,24-,26-/m0/s1. The number of rotatable bonds is 11. The molecule has 1 aliphatic heterocycles. The molecule has 3 rings (SSSR count). The van der Waals surface area contributed by atoms with E-state index in [9.17, 15) is 14.4 Å². The third-order valence-corrected chi connectivity index (χ3v) is 6.27. The first kappa shape index (κ1) is 30.7. The van der Waals surface area contributed by atoms with Crippen molar-refractivity contribution in [3.8, 4) is 17.2 Å². The molecule has 0 unspecified atom stereocenters. The average molecular weight is 559 g/mol. The number of pyridine rings is 1. The minimum Gasteiger partial charge on any atom is -0.493 e. The molecule has 2 heterocycles. The van der Waals surface area contributed by atoms with Crippen LogP contribution in [0.15, 0.2) is 42.6 Å². The van der Waals surface area contributed by atoms with Crippen LogP contribution in [-0.4, -0.2) is 67.7 Å². The number of methoxy groups -OCH3 is 1. The minimum absolute atomic E-state index is 0.0146. The fraction of sp³-hybridized carbons (Fsp3) is 0.517. The van der Waals surface area contributed by atoms with Crippen molar-refractivity contribution in [1.82, 2.24) is 10.3 Å². The lowest BCUT2D eigenvalue weighted by Gasteiger charge is -2.34. The SMILES string of the molecule is CCCO[C@H]1[C@H](C)OC(=O)[C@@H](NC(=O)c2nccc(OC)c2OCOC(C)=O)CCCC[C@@H]1Oc1ccccc1. The van der Waals surface area contributed by atoms with Gasteiger partial charge in [0.15, 0.2) is 17.2 Å². The van der Waals surface area contributed by atoms with Crippen LogP contribution in [0.2, 0.25) is 0 Å². The largest absolute Gasteiger partial charge is 0.493 e. The summed E-state index contributed by atoms with van der Waals surface area (Å²) in [6, 6.07) is 10.1. The number of carbonyl (C=O) groups is 3. The average Bonchev–Trinajstić information content (AvgIpc) is 2.94. The van der Waals surface area contributed by atoms with Crippen LogP contribution in [0.4, 0.5) is 0 Å². The van der Waals surface area contributed by atoms with Gasteiger partial charge in [-0.05, 0) is 44.7 Å². The summed E-state index contributed by atoms with van der Waals surface area (Å²) < 4.78 is 33.8. The molecular weight excluding hydrogens is 520 g/mol. The molecule has 1 saturated heterocycles. The van der Waals surface area contributed by atoms with Gasteiger partial charge < -0.3 is 33.7 Å². The Morgan fingerprint density at radius 1 is 1.12 bits per heavy atom. The fourth-order valence-corrected chi connectivity index (χ4v) is 4.33. The molecule has 0 aliphatic carbocycles. The van der Waals surface area contributed by atoms with Gasteiger partial charge in [0.05, 0.1) is 7.11 Å². The first-order valence-corrected chi connectivity index (χ1v) is 13.5. The molecule has 0 bridgehead atoms. The Balaban J connectivity index is 1.76. The molecule has 11 heteroatoms. The van der Waals surface area contributed by atoms with Gasteiger partial charge in [-0.1, -0.05) is 31.5 Å². The summed E-state index contributed by atoms with van der Waals surface area (Å²) in [5.74, 6) is -0.876. The number of cyclic esters (lactones) is 1. The fourth-order valence-electron chi connectivity index (χ4n) is 4.33. The minimum atomic E-state index is -0.928. The van der Waals surface area contributed by atoms with E-state index in [-0.39, 0.29) is 23.3 Å². The number of esters is 2. The third-order valence-electron chi connectivity index (χ3n) is 6.27. The molecular formula is C29H38N2O9. The lowest BCUT2D eigenvalue weighted by Crippen LogP contribution is -2.49. The molecule has 1 amide bonds. The number of benzene rings is 1. The maximum absolute atomic E-state index is 13.3. The van der Waals surface area contributed by atoms with Gasteiger partial charge in [0.25, 0.3) is 5.91 Å². The number of carbonyl (C=O) groups excluding carboxylic acids is 3. The van der Waals surface area contributed by atoms with E-state index in [1.165, 1.54) is 26.3 Å². The molecule has 0 saturated carbocycles. The van der Waals surface area contributed by atoms with E-state index >= 15 is 0 Å². The quantitative estimate of drug-likeness (QED) is 0.321. The van der Waals surface area contributed by atoms with Crippen molar-refractivity contribution in [2.45, 2.75) is 77.2 Å². The second kappa shape index (κ2) is 15.7. The van der Waals surface area contributed by atoms with E-state index in [2.05, 4.69) is 10.3 Å². The topological polar surface area (TPSA) is 132 Å². The van der Waals surface area contributed by atoms with E-state index in [1.54, 1.807) is 6.92 Å². The molecule has 1 N–H and O–H groups in total. The van der Waals surface area contributed by atoms with Crippen molar-refractivity contribution in [2.75, 3.05) is 20.5 Å². The van der Waals surface area contributed by atoms with E-state index in [1.807, 2.05) is 37.3 Å². The number of hydrogen-bond acceptors (Lipinski definition) is 10. The molecule has 1 aromatic heterocycles. The van der Waals surface area contributed by atoms with Gasteiger partial charge >= 0.3 is 11.9 Å². The van der Waals surface area contributed by atoms with Crippen molar-refractivity contribution in [3.05, 3.63) is 48.3 Å². The van der Waals surface area contributed by atoms with Crippen molar-refractivity contribution in [1.29, 1.82) is 0 Å². The number of amides is 1. The molecule has 0 spiro atoms. The van der Waals surface area contributed by atoms with E-state index in [0.29, 0.717) is 25.9 Å². The molecule has 40 heavy (non-hydrogen) atoms. The molecule has 1 fully saturated rings. The Morgan fingerprint density at radius 2 is 1.88 bits per heavy atom. The Morgan fingerprint density at radius 3 is 2.58 bits per heavy atom. The zero-order valence-electron chi connectivity index (χ0n) is 23.4. The highest BCUT2D eigenvalue weighted by molar-refractivity contribution is 5.98. The van der Waals surface area contributed by atoms with Gasteiger partial charge in [0.1, 0.15) is 30.1 Å². The van der Waals surface area contributed by atoms with Crippen LogP contribution in [-0.2, 0) is 23.8 Å². The van der Waals surface area contributed by atoms with Crippen molar-refractivity contribution >= 4 is 17.8 Å². The normalized spacial score (nSPS) is 21.4. The smallest absolute Gasteiger partial charge is 0.329 e. The highest BCUT2D eigenvalue weighted by Crippen LogP contribution is 2.30. The Kier molecular flexibility index (Phi) is 12.0. The van der Waals surface area contributed by atoms with Crippen LogP contribution in [0.25, 0.3) is 0 Å². The molecule has 0 radical (unpaired) electrons. The van der Waals surface area contributed by atoms with Crippen molar-refractivity contribution in [3.63, 3.8) is 0 Å². The van der Waals surface area contributed by atoms with Crippen LogP contribution >= 0.6 is 0 Å². The van der Waals surface area contributed by atoms with E-state index in [0.717, 1.165) is 18.6 Å². The summed E-state index contributed by atoms with van der Waals surface area (Å²) in [5.41, 5.74) is -0.120. The van der Waals surface area contributed by atoms with Gasteiger partial charge in [-0.15, -0.1) is 0 Å². The monoisotopic (exact) mass is 558 g/mol. The summed E-state index contributed by atoms with van der Waals surface area (Å²) in [6.07, 6.45) is 3.12. The molecule has 1 aromatic carbocycles. The zero-order chi connectivity index (χ0) is 28.9. The lowest BCUT2D eigenvalue weighted by molar-refractivity contribution is -0.165. The number of hydrogen-bond donors (Lipinski definition) is 1. The predicted octanol–water partition coefficient (Wildman–Crippen LogP) is 3.84. The Bertz CT molecular complexity index is 1110. The van der Waals surface area contributed by atoms with Gasteiger partial charge in [-0.3, -0.25) is 9.59 Å². The highest BCUT2D eigenvalue weighted by atomic mass is 16.7. The summed E-state index contributed by atoms with van der Waals surface area (Å²) in [5, 5.41) is 2.73. The van der Waals surface area contributed by atoms with Gasteiger partial charge in [0, 0.05) is 25.8 Å². The summed E-state index contributed by atoms with van der Waals surface area (Å²) in [4.78, 5) is 41.8. The van der Waals surface area contributed by atoms with Crippen molar-refractivity contribution < 1.29 is 42.8 Å². The number of nitrogens with zero attached hydrogens (tertiary/aromatic N) is 1. The van der Waals surface area contributed by atoms with Crippen LogP contribution in [0.3, 0.4) is 0 Å². The molecule has 2 aromatic rings. The molecule has 11 nitrogen and oxygen atoms in total. The highest BCUT2D eigenvalue weighted by Gasteiger charge is 2.35. The number of ether oxygens (including phenoxy) is 6. The summed E-state index contributed by atoms with van der Waals surface area (Å²) >= 11 is 0. The summed E-state index contributed by atoms with van der Waals surface area (Å²) in [6.45, 7) is 5.05. The zero-order valence-corrected chi connectivity index (χ0v) is 23.4. The van der Waals surface area contributed by atoms with Gasteiger partial charge in [-0.25, -0.2) is 9.78 Å². The lowest BCUT2D eigenvalue weighted by atomic mass is 9.98. The van der Waals surface area contributed by atoms with Crippen LogP contribution < -0.4 is 19.5 Å². The van der Waals surface area contributed by atoms with Crippen LogP contribution in [0, 0.1) is 0 Å². The van der Waals surface area contributed by atoms with Crippen LogP contribution in [0.1, 0.15) is 63.4 Å². The predicted molar refractivity (Wildman–Crippen MR) is 144 cm³/mol. The maximum atomic E-state index is 13.3. The first-order chi connectivity index (χ1) is 19.3. The number of aromatic nitrogens is 1. The second-order valence-corrected chi connectivity index (χ2v) is 9.35. The van der Waals surface area contributed by atoms with Crippen LogP contribution in [0.5, 0.6) is 17.2 Å². The van der Waals surface area contributed by atoms with Crippen molar-refractivity contribution in [2.24, 2.45) is 0 Å². The Labute approximate surface area is 234 Å². The number of nitrogens with one attached hydrogen (secondary N) is 1. The third kappa shape index (κ3) is 8.84. The Hall–Kier alpha value is -3.86. The summed E-state index contributed by atoms with van der Waals surface area (Å²) in [7, 11) is 1.40. The molecule has 1 aliphatic rings. The van der Waals surface area contributed by atoms with E-state index in [4.69, 9.17) is 28.4 Å². The molecule has 4 atom stereocenters. The van der Waals surface area contributed by atoms with Gasteiger partial charge in [0.2, 0.25) is 6.79 Å². The first-order valence-electron chi connectivity index (χ1n) is 13.5.